The van der Waals surface area contributed by atoms with E-state index in [9.17, 15) is 14.9 Å². The molecule has 0 saturated heterocycles. The van der Waals surface area contributed by atoms with Gasteiger partial charge in [0.2, 0.25) is 0 Å². The number of nitrogens with zero attached hydrogens (tertiary/aromatic N) is 1. The van der Waals surface area contributed by atoms with Gasteiger partial charge in [-0.15, -0.1) is 0 Å². The molecule has 126 valence electrons. The molecule has 0 fully saturated rings. The first kappa shape index (κ1) is 15.9. The molecule has 0 spiro atoms. The third-order valence-electron chi connectivity index (χ3n) is 4.61. The molecule has 0 aliphatic heterocycles. The highest BCUT2D eigenvalue weighted by molar-refractivity contribution is 6.05. The second-order valence-corrected chi connectivity index (χ2v) is 6.22. The van der Waals surface area contributed by atoms with E-state index < -0.39 is 0 Å². The third-order valence-corrected chi connectivity index (χ3v) is 4.61. The number of pyridine rings is 1. The van der Waals surface area contributed by atoms with Crippen LogP contribution in [0.2, 0.25) is 0 Å². The Bertz CT molecular complexity index is 1290. The van der Waals surface area contributed by atoms with Crippen LogP contribution >= 0.6 is 0 Å². The summed E-state index contributed by atoms with van der Waals surface area (Å²) in [4.78, 5) is 26.4. The number of nitriles is 1. The van der Waals surface area contributed by atoms with E-state index in [1.54, 1.807) is 19.1 Å². The Balaban J connectivity index is 1.96. The monoisotopic (exact) mass is 342 g/mol. The zero-order valence-electron chi connectivity index (χ0n) is 14.2. The van der Waals surface area contributed by atoms with E-state index >= 15 is 0 Å². The maximum atomic E-state index is 12.1. The van der Waals surface area contributed by atoms with Crippen molar-refractivity contribution in [1.82, 2.24) is 4.98 Å². The van der Waals surface area contributed by atoms with Gasteiger partial charge in [-0.05, 0) is 37.1 Å². The maximum Gasteiger partial charge on any atom is 0.252 e. The number of benzene rings is 2. The normalized spacial score (nSPS) is 11.0. The minimum Gasteiger partial charge on any atom is -0.453 e. The number of fused-ring (bicyclic) bond motifs is 3. The van der Waals surface area contributed by atoms with E-state index in [0.717, 1.165) is 16.5 Å². The SMILES string of the molecule is CC(=O)c1ccc(-c2ccc3oc4c(C#N)c(C)c(=O)[nH]c4c3c2)cc1. The molecular weight excluding hydrogens is 328 g/mol. The van der Waals surface area contributed by atoms with E-state index in [-0.39, 0.29) is 16.9 Å². The van der Waals surface area contributed by atoms with Crippen molar-refractivity contribution in [2.75, 3.05) is 0 Å². The third kappa shape index (κ3) is 2.32. The van der Waals surface area contributed by atoms with Gasteiger partial charge in [0.15, 0.2) is 11.4 Å². The number of carbonyl (C=O) groups excluding carboxylic acids is 1. The molecule has 2 aromatic carbocycles. The van der Waals surface area contributed by atoms with Crippen LogP contribution in [0.15, 0.2) is 51.7 Å². The first-order valence-corrected chi connectivity index (χ1v) is 8.10. The van der Waals surface area contributed by atoms with E-state index in [1.807, 2.05) is 30.3 Å². The summed E-state index contributed by atoms with van der Waals surface area (Å²) >= 11 is 0. The van der Waals surface area contributed by atoms with Gasteiger partial charge in [-0.1, -0.05) is 30.3 Å². The van der Waals surface area contributed by atoms with Gasteiger partial charge >= 0.3 is 0 Å². The highest BCUT2D eigenvalue weighted by Crippen LogP contribution is 2.32. The topological polar surface area (TPSA) is 86.9 Å². The summed E-state index contributed by atoms with van der Waals surface area (Å²) in [6.07, 6.45) is 0. The van der Waals surface area contributed by atoms with Crippen molar-refractivity contribution < 1.29 is 9.21 Å². The predicted molar refractivity (Wildman–Crippen MR) is 99.2 cm³/mol. The Kier molecular flexibility index (Phi) is 3.48. The summed E-state index contributed by atoms with van der Waals surface area (Å²) in [5, 5.41) is 10.1. The Hall–Kier alpha value is -3.65. The molecule has 5 heteroatoms. The summed E-state index contributed by atoms with van der Waals surface area (Å²) in [5.74, 6) is 0.0183. The number of aromatic nitrogens is 1. The summed E-state index contributed by atoms with van der Waals surface area (Å²) in [6.45, 7) is 3.13. The van der Waals surface area contributed by atoms with Gasteiger partial charge in [0.25, 0.3) is 5.56 Å². The molecule has 0 saturated carbocycles. The van der Waals surface area contributed by atoms with E-state index in [1.165, 1.54) is 6.92 Å². The van der Waals surface area contributed by atoms with E-state index in [4.69, 9.17) is 4.42 Å². The predicted octanol–water partition coefficient (Wildman–Crippen LogP) is 4.32. The van der Waals surface area contributed by atoms with Gasteiger partial charge < -0.3 is 9.40 Å². The molecule has 0 radical (unpaired) electrons. The number of carbonyl (C=O) groups is 1. The molecule has 4 aromatic rings. The zero-order chi connectivity index (χ0) is 18.4. The Morgan fingerprint density at radius 3 is 2.46 bits per heavy atom. The summed E-state index contributed by atoms with van der Waals surface area (Å²) in [5.41, 5.74) is 4.35. The molecule has 0 aliphatic carbocycles. The lowest BCUT2D eigenvalue weighted by Crippen LogP contribution is -2.10. The van der Waals surface area contributed by atoms with Crippen molar-refractivity contribution in [3.8, 4) is 17.2 Å². The fourth-order valence-corrected chi connectivity index (χ4v) is 3.10. The second-order valence-electron chi connectivity index (χ2n) is 6.22. The van der Waals surface area contributed by atoms with Crippen molar-refractivity contribution in [2.45, 2.75) is 13.8 Å². The molecule has 2 aromatic heterocycles. The van der Waals surface area contributed by atoms with Gasteiger partial charge in [0.05, 0.1) is 5.52 Å². The fraction of sp³-hybridized carbons (Fsp3) is 0.0952. The molecule has 0 amide bonds. The van der Waals surface area contributed by atoms with Gasteiger partial charge in [0.1, 0.15) is 17.2 Å². The van der Waals surface area contributed by atoms with Gasteiger partial charge in [-0.3, -0.25) is 9.59 Å². The van der Waals surface area contributed by atoms with Crippen LogP contribution in [-0.2, 0) is 0 Å². The minimum atomic E-state index is -0.298. The van der Waals surface area contributed by atoms with E-state index in [0.29, 0.717) is 27.8 Å². The van der Waals surface area contributed by atoms with Gasteiger partial charge in [-0.2, -0.15) is 5.26 Å². The second kappa shape index (κ2) is 5.71. The maximum absolute atomic E-state index is 12.1. The van der Waals surface area contributed by atoms with Crippen molar-refractivity contribution >= 4 is 27.9 Å². The van der Waals surface area contributed by atoms with Crippen molar-refractivity contribution in [3.63, 3.8) is 0 Å². The Morgan fingerprint density at radius 1 is 1.12 bits per heavy atom. The lowest BCUT2D eigenvalue weighted by molar-refractivity contribution is 0.101. The highest BCUT2D eigenvalue weighted by atomic mass is 16.3. The minimum absolute atomic E-state index is 0.0183. The Morgan fingerprint density at radius 2 is 1.81 bits per heavy atom. The standard InChI is InChI=1S/C21H14N2O3/c1-11-17(10-22)20-19(23-21(11)25)16-9-15(7-8-18(16)26-20)14-5-3-13(4-6-14)12(2)24/h3-9H,1-2H3,(H,23,25). The van der Waals surface area contributed by atoms with Gasteiger partial charge in [-0.25, -0.2) is 0 Å². The lowest BCUT2D eigenvalue weighted by atomic mass is 10.0. The van der Waals surface area contributed by atoms with Crippen LogP contribution in [0.5, 0.6) is 0 Å². The summed E-state index contributed by atoms with van der Waals surface area (Å²) in [7, 11) is 0. The largest absolute Gasteiger partial charge is 0.453 e. The number of furan rings is 1. The van der Waals surface area contributed by atoms with Crippen LogP contribution in [0.25, 0.3) is 33.2 Å². The Labute approximate surface area is 148 Å². The molecule has 0 bridgehead atoms. The number of hydrogen-bond acceptors (Lipinski definition) is 4. The molecular formula is C21H14N2O3. The first-order chi connectivity index (χ1) is 12.5. The van der Waals surface area contributed by atoms with Crippen molar-refractivity contribution in [1.29, 1.82) is 5.26 Å². The highest BCUT2D eigenvalue weighted by Gasteiger charge is 2.16. The molecule has 2 heterocycles. The van der Waals surface area contributed by atoms with Crippen molar-refractivity contribution in [2.24, 2.45) is 0 Å². The molecule has 26 heavy (non-hydrogen) atoms. The van der Waals surface area contributed by atoms with Crippen LogP contribution in [0.3, 0.4) is 0 Å². The number of Topliss-reactive ketones (excluding diaryl/α,β-unsaturated/α-hetero) is 1. The number of hydrogen-bond donors (Lipinski definition) is 1. The number of H-pyrrole nitrogens is 1. The smallest absolute Gasteiger partial charge is 0.252 e. The number of aromatic amines is 1. The van der Waals surface area contributed by atoms with Crippen LogP contribution in [-0.4, -0.2) is 10.8 Å². The van der Waals surface area contributed by atoms with Crippen molar-refractivity contribution in [3.05, 3.63) is 69.5 Å². The summed E-state index contributed by atoms with van der Waals surface area (Å²) < 4.78 is 5.81. The number of nitrogens with one attached hydrogen (secondary N) is 1. The van der Waals surface area contributed by atoms with Crippen LogP contribution in [0.1, 0.15) is 28.4 Å². The molecule has 0 aliphatic rings. The van der Waals surface area contributed by atoms with Crippen LogP contribution in [0, 0.1) is 18.3 Å². The van der Waals surface area contributed by atoms with Crippen LogP contribution < -0.4 is 5.56 Å². The zero-order valence-corrected chi connectivity index (χ0v) is 14.2. The summed E-state index contributed by atoms with van der Waals surface area (Å²) in [6, 6.07) is 15.0. The van der Waals surface area contributed by atoms with Gasteiger partial charge in [0, 0.05) is 16.5 Å². The lowest BCUT2D eigenvalue weighted by Gasteiger charge is -2.03. The fourth-order valence-electron chi connectivity index (χ4n) is 3.10. The quantitative estimate of drug-likeness (QED) is 0.549. The molecule has 1 N–H and O–H groups in total. The number of rotatable bonds is 2. The van der Waals surface area contributed by atoms with Crippen LogP contribution in [0.4, 0.5) is 0 Å². The average Bonchev–Trinajstić information content (AvgIpc) is 3.00. The van der Waals surface area contributed by atoms with E-state index in [2.05, 4.69) is 11.1 Å². The number of ketones is 1. The molecule has 0 atom stereocenters. The molecule has 4 rings (SSSR count). The first-order valence-electron chi connectivity index (χ1n) is 8.10. The average molecular weight is 342 g/mol. The molecule has 5 nitrogen and oxygen atoms in total. The molecule has 0 unspecified atom stereocenters.